The van der Waals surface area contributed by atoms with E-state index in [0.717, 1.165) is 13.1 Å². The molecule has 0 radical (unpaired) electrons. The van der Waals surface area contributed by atoms with E-state index >= 15 is 0 Å². The number of nitrogens with one attached hydrogen (secondary N) is 1. The zero-order valence-electron chi connectivity index (χ0n) is 10.8. The summed E-state index contributed by atoms with van der Waals surface area (Å²) in [5.74, 6) is 0. The number of halogens is 5. The van der Waals surface area contributed by atoms with E-state index in [9.17, 15) is 13.2 Å². The Morgan fingerprint density at radius 1 is 1.15 bits per heavy atom. The number of hydrogen-bond acceptors (Lipinski definition) is 2. The monoisotopic (exact) mass is 328 g/mol. The Hall–Kier alpha value is -0.490. The van der Waals surface area contributed by atoms with E-state index in [-0.39, 0.29) is 12.4 Å². The van der Waals surface area contributed by atoms with Crippen molar-refractivity contribution in [3.63, 3.8) is 0 Å². The van der Waals surface area contributed by atoms with Crippen LogP contribution in [-0.4, -0.2) is 37.3 Å². The molecule has 1 aromatic rings. The first kappa shape index (κ1) is 17.6. The van der Waals surface area contributed by atoms with Gasteiger partial charge >= 0.3 is 6.18 Å². The van der Waals surface area contributed by atoms with Crippen molar-refractivity contribution in [2.75, 3.05) is 26.2 Å². The lowest BCUT2D eigenvalue weighted by Crippen LogP contribution is -2.46. The molecule has 7 heteroatoms. The van der Waals surface area contributed by atoms with Crippen molar-refractivity contribution in [2.24, 2.45) is 0 Å². The van der Waals surface area contributed by atoms with E-state index < -0.39 is 18.6 Å². The van der Waals surface area contributed by atoms with E-state index in [2.05, 4.69) is 5.32 Å². The van der Waals surface area contributed by atoms with E-state index in [0.29, 0.717) is 23.7 Å². The SMILES string of the molecule is Cl.FC(F)(F)C[C@@H](c1ccc(Cl)cc1)N1CCNCC1. The Kier molecular flexibility index (Phi) is 6.58. The lowest BCUT2D eigenvalue weighted by Gasteiger charge is -2.35. The predicted molar refractivity (Wildman–Crippen MR) is 76.6 cm³/mol. The molecule has 1 aliphatic rings. The van der Waals surface area contributed by atoms with Crippen molar-refractivity contribution < 1.29 is 13.2 Å². The lowest BCUT2D eigenvalue weighted by atomic mass is 10.0. The fraction of sp³-hybridized carbons (Fsp3) is 0.538. The first-order chi connectivity index (χ1) is 8.96. The molecule has 1 aromatic carbocycles. The van der Waals surface area contributed by atoms with Crippen LogP contribution in [0.15, 0.2) is 24.3 Å². The summed E-state index contributed by atoms with van der Waals surface area (Å²) in [4.78, 5) is 1.88. The number of benzene rings is 1. The van der Waals surface area contributed by atoms with Crippen LogP contribution >= 0.6 is 24.0 Å². The molecular weight excluding hydrogens is 312 g/mol. The summed E-state index contributed by atoms with van der Waals surface area (Å²) in [6.45, 7) is 2.70. The Morgan fingerprint density at radius 2 is 1.70 bits per heavy atom. The number of alkyl halides is 3. The van der Waals surface area contributed by atoms with Crippen molar-refractivity contribution in [3.05, 3.63) is 34.9 Å². The third-order valence-electron chi connectivity index (χ3n) is 3.27. The topological polar surface area (TPSA) is 15.3 Å². The first-order valence-electron chi connectivity index (χ1n) is 6.23. The second-order valence-electron chi connectivity index (χ2n) is 4.67. The van der Waals surface area contributed by atoms with Crippen LogP contribution in [-0.2, 0) is 0 Å². The van der Waals surface area contributed by atoms with Crippen LogP contribution in [0, 0.1) is 0 Å². The minimum Gasteiger partial charge on any atom is -0.314 e. The minimum absolute atomic E-state index is 0. The molecular formula is C13H17Cl2F3N2. The van der Waals surface area contributed by atoms with Crippen LogP contribution in [0.1, 0.15) is 18.0 Å². The number of piperazine rings is 1. The molecule has 20 heavy (non-hydrogen) atoms. The molecule has 1 fully saturated rings. The van der Waals surface area contributed by atoms with Crippen molar-refractivity contribution in [2.45, 2.75) is 18.6 Å². The van der Waals surface area contributed by atoms with Crippen LogP contribution in [0.25, 0.3) is 0 Å². The molecule has 0 unspecified atom stereocenters. The normalized spacial score (nSPS) is 18.4. The maximum atomic E-state index is 12.8. The van der Waals surface area contributed by atoms with Gasteiger partial charge in [0, 0.05) is 37.2 Å². The van der Waals surface area contributed by atoms with Crippen molar-refractivity contribution in [1.29, 1.82) is 0 Å². The Bertz CT molecular complexity index is 403. The second-order valence-corrected chi connectivity index (χ2v) is 5.11. The fourth-order valence-electron chi connectivity index (χ4n) is 2.36. The molecule has 1 heterocycles. The molecule has 0 spiro atoms. The van der Waals surface area contributed by atoms with Crippen molar-refractivity contribution >= 4 is 24.0 Å². The molecule has 0 saturated carbocycles. The number of nitrogens with zero attached hydrogens (tertiary/aromatic N) is 1. The van der Waals surface area contributed by atoms with Crippen LogP contribution in [0.2, 0.25) is 5.02 Å². The van der Waals surface area contributed by atoms with Crippen LogP contribution < -0.4 is 5.32 Å². The summed E-state index contributed by atoms with van der Waals surface area (Å²) in [5.41, 5.74) is 0.670. The number of rotatable bonds is 3. The van der Waals surface area contributed by atoms with Gasteiger partial charge in [0.1, 0.15) is 0 Å². The zero-order chi connectivity index (χ0) is 13.9. The molecule has 114 valence electrons. The van der Waals surface area contributed by atoms with Crippen LogP contribution in [0.5, 0.6) is 0 Å². The molecule has 1 atom stereocenters. The van der Waals surface area contributed by atoms with E-state index in [1.165, 1.54) is 0 Å². The van der Waals surface area contributed by atoms with E-state index in [1.807, 2.05) is 4.90 Å². The summed E-state index contributed by atoms with van der Waals surface area (Å²) in [5, 5.41) is 3.69. The van der Waals surface area contributed by atoms with E-state index in [1.54, 1.807) is 24.3 Å². The van der Waals surface area contributed by atoms with Gasteiger partial charge in [-0.3, -0.25) is 4.90 Å². The van der Waals surface area contributed by atoms with Gasteiger partial charge in [-0.2, -0.15) is 13.2 Å². The van der Waals surface area contributed by atoms with Crippen molar-refractivity contribution in [3.8, 4) is 0 Å². The highest BCUT2D eigenvalue weighted by Crippen LogP contribution is 2.34. The molecule has 0 amide bonds. The lowest BCUT2D eigenvalue weighted by molar-refractivity contribution is -0.148. The van der Waals surface area contributed by atoms with Gasteiger partial charge in [-0.15, -0.1) is 12.4 Å². The largest absolute Gasteiger partial charge is 0.390 e. The first-order valence-corrected chi connectivity index (χ1v) is 6.60. The van der Waals surface area contributed by atoms with Gasteiger partial charge in [0.2, 0.25) is 0 Å². The quantitative estimate of drug-likeness (QED) is 0.910. The Morgan fingerprint density at radius 3 is 2.20 bits per heavy atom. The van der Waals surface area contributed by atoms with Gasteiger partial charge in [-0.1, -0.05) is 23.7 Å². The highest BCUT2D eigenvalue weighted by Gasteiger charge is 2.35. The highest BCUT2D eigenvalue weighted by atomic mass is 35.5. The van der Waals surface area contributed by atoms with Crippen molar-refractivity contribution in [1.82, 2.24) is 10.2 Å². The maximum absolute atomic E-state index is 12.8. The van der Waals surface area contributed by atoms with Gasteiger partial charge in [0.25, 0.3) is 0 Å². The molecule has 2 nitrogen and oxygen atoms in total. The average Bonchev–Trinajstić information content (AvgIpc) is 2.37. The predicted octanol–water partition coefficient (Wildman–Crippen LogP) is 3.66. The van der Waals surface area contributed by atoms with Gasteiger partial charge in [-0.25, -0.2) is 0 Å². The minimum atomic E-state index is -4.17. The van der Waals surface area contributed by atoms with Crippen LogP contribution in [0.3, 0.4) is 0 Å². The van der Waals surface area contributed by atoms with Gasteiger partial charge in [0.05, 0.1) is 6.42 Å². The maximum Gasteiger partial charge on any atom is 0.390 e. The van der Waals surface area contributed by atoms with E-state index in [4.69, 9.17) is 11.6 Å². The molecule has 1 saturated heterocycles. The third-order valence-corrected chi connectivity index (χ3v) is 3.52. The van der Waals surface area contributed by atoms with Crippen LogP contribution in [0.4, 0.5) is 13.2 Å². The summed E-state index contributed by atoms with van der Waals surface area (Å²) in [6.07, 6.45) is -5.00. The zero-order valence-corrected chi connectivity index (χ0v) is 12.4. The second kappa shape index (κ2) is 7.50. The van der Waals surface area contributed by atoms with Gasteiger partial charge in [0.15, 0.2) is 0 Å². The fourth-order valence-corrected chi connectivity index (χ4v) is 2.48. The van der Waals surface area contributed by atoms with Gasteiger partial charge < -0.3 is 5.32 Å². The highest BCUT2D eigenvalue weighted by molar-refractivity contribution is 6.30. The van der Waals surface area contributed by atoms with Gasteiger partial charge in [-0.05, 0) is 17.7 Å². The molecule has 0 aromatic heterocycles. The summed E-state index contributed by atoms with van der Waals surface area (Å²) >= 11 is 5.79. The molecule has 0 aliphatic carbocycles. The Labute approximate surface area is 127 Å². The summed E-state index contributed by atoms with van der Waals surface area (Å²) in [7, 11) is 0. The molecule has 2 rings (SSSR count). The molecule has 0 bridgehead atoms. The molecule has 1 aliphatic heterocycles. The summed E-state index contributed by atoms with van der Waals surface area (Å²) < 4.78 is 38.3. The average molecular weight is 329 g/mol. The number of hydrogen-bond donors (Lipinski definition) is 1. The summed E-state index contributed by atoms with van der Waals surface area (Å²) in [6, 6.07) is 6.02. The smallest absolute Gasteiger partial charge is 0.314 e. The third kappa shape index (κ3) is 5.13. The Balaban J connectivity index is 0.00000200. The molecule has 1 N–H and O–H groups in total. The standard InChI is InChI=1S/C13H16ClF3N2.ClH/c14-11-3-1-10(2-4-11)12(9-13(15,16)17)19-7-5-18-6-8-19;/h1-4,12,18H,5-9H2;1H/t12-;/m0./s1.